The summed E-state index contributed by atoms with van der Waals surface area (Å²) >= 11 is 5.67. The van der Waals surface area contributed by atoms with Crippen LogP contribution in [0.2, 0.25) is 5.02 Å². The maximum Gasteiger partial charge on any atom is 0.398 e. The van der Waals surface area contributed by atoms with Gasteiger partial charge in [0.1, 0.15) is 0 Å². The highest BCUT2D eigenvalue weighted by Gasteiger charge is 2.65. The van der Waals surface area contributed by atoms with Crippen LogP contribution in [0.3, 0.4) is 0 Å². The Kier molecular flexibility index (Phi) is 3.77. The van der Waals surface area contributed by atoms with Gasteiger partial charge in [0.15, 0.2) is 0 Å². The van der Waals surface area contributed by atoms with Gasteiger partial charge in [-0.15, -0.1) is 0 Å². The van der Waals surface area contributed by atoms with E-state index in [9.17, 15) is 18.0 Å². The second-order valence-electron chi connectivity index (χ2n) is 4.66. The lowest BCUT2D eigenvalue weighted by molar-refractivity contribution is -0.168. The number of allylic oxidation sites excluding steroid dienone is 1. The normalized spacial score (nSPS) is 17.9. The van der Waals surface area contributed by atoms with E-state index < -0.39 is 24.0 Å². The van der Waals surface area contributed by atoms with Crippen molar-refractivity contribution in [3.05, 3.63) is 35.1 Å². The summed E-state index contributed by atoms with van der Waals surface area (Å²) < 4.78 is 39.6. The van der Waals surface area contributed by atoms with Crippen molar-refractivity contribution in [3.63, 3.8) is 0 Å². The Morgan fingerprint density at radius 1 is 1.45 bits per heavy atom. The Morgan fingerprint density at radius 3 is 2.50 bits per heavy atom. The first-order chi connectivity index (χ1) is 9.26. The van der Waals surface area contributed by atoms with Crippen LogP contribution in [0, 0.1) is 5.41 Å². The van der Waals surface area contributed by atoms with Crippen molar-refractivity contribution >= 4 is 23.1 Å². The van der Waals surface area contributed by atoms with Crippen LogP contribution in [0.5, 0.6) is 0 Å². The maximum absolute atomic E-state index is 13.2. The molecule has 0 radical (unpaired) electrons. The molecule has 0 unspecified atom stereocenters. The molecule has 1 saturated carbocycles. The van der Waals surface area contributed by atoms with E-state index in [1.54, 1.807) is 0 Å². The van der Waals surface area contributed by atoms with Crippen molar-refractivity contribution in [1.82, 2.24) is 4.98 Å². The van der Waals surface area contributed by atoms with Crippen LogP contribution in [-0.2, 0) is 4.79 Å². The molecule has 0 amide bonds. The van der Waals surface area contributed by atoms with E-state index >= 15 is 0 Å². The fourth-order valence-electron chi connectivity index (χ4n) is 2.10. The van der Waals surface area contributed by atoms with Gasteiger partial charge in [-0.05, 0) is 30.5 Å². The third-order valence-electron chi connectivity index (χ3n) is 3.29. The first kappa shape index (κ1) is 14.8. The summed E-state index contributed by atoms with van der Waals surface area (Å²) in [5, 5.41) is 8.98. The minimum Gasteiger partial charge on any atom is -0.481 e. The molecular formula is C13H11ClF3NO2. The Morgan fingerprint density at radius 2 is 2.10 bits per heavy atom. The van der Waals surface area contributed by atoms with E-state index in [0.29, 0.717) is 5.02 Å². The van der Waals surface area contributed by atoms with E-state index in [0.717, 1.165) is 6.08 Å². The van der Waals surface area contributed by atoms with Crippen molar-refractivity contribution in [1.29, 1.82) is 0 Å². The molecule has 0 atom stereocenters. The average molecular weight is 306 g/mol. The monoisotopic (exact) mass is 305 g/mol. The molecule has 0 aromatic carbocycles. The van der Waals surface area contributed by atoms with Gasteiger partial charge in [0.2, 0.25) is 0 Å². The summed E-state index contributed by atoms with van der Waals surface area (Å²) in [6.45, 7) is 0. The number of carboxylic acids is 1. The number of nitrogens with zero attached hydrogens (tertiary/aromatic N) is 1. The highest BCUT2D eigenvalue weighted by molar-refractivity contribution is 6.30. The zero-order chi connectivity index (χ0) is 15.0. The molecule has 0 saturated heterocycles. The van der Waals surface area contributed by atoms with Gasteiger partial charge in [-0.3, -0.25) is 9.78 Å². The van der Waals surface area contributed by atoms with Gasteiger partial charge in [0, 0.05) is 6.20 Å². The Hall–Kier alpha value is -1.56. The number of aromatic nitrogens is 1. The molecule has 1 aromatic rings. The van der Waals surface area contributed by atoms with Crippen molar-refractivity contribution in [2.75, 3.05) is 0 Å². The van der Waals surface area contributed by atoms with E-state index in [1.807, 2.05) is 0 Å². The van der Waals surface area contributed by atoms with Crippen molar-refractivity contribution in [2.45, 2.75) is 25.4 Å². The quantitative estimate of drug-likeness (QED) is 0.916. The minimum absolute atomic E-state index is 0.0493. The Labute approximate surface area is 118 Å². The Balaban J connectivity index is 2.44. The first-order valence-electron chi connectivity index (χ1n) is 5.87. The van der Waals surface area contributed by atoms with E-state index in [4.69, 9.17) is 16.7 Å². The summed E-state index contributed by atoms with van der Waals surface area (Å²) in [7, 11) is 0. The van der Waals surface area contributed by atoms with Crippen LogP contribution in [0.4, 0.5) is 13.2 Å². The van der Waals surface area contributed by atoms with Gasteiger partial charge >= 0.3 is 12.1 Å². The summed E-state index contributed by atoms with van der Waals surface area (Å²) in [5.74, 6) is -1.19. The number of hydrogen-bond acceptors (Lipinski definition) is 2. The first-order valence-corrected chi connectivity index (χ1v) is 6.25. The smallest absolute Gasteiger partial charge is 0.398 e. The summed E-state index contributed by atoms with van der Waals surface area (Å²) in [5.41, 5.74) is -1.93. The van der Waals surface area contributed by atoms with E-state index in [1.165, 1.54) is 18.3 Å². The number of carboxylic acid groups (broad SMARTS) is 1. The number of pyridine rings is 1. The summed E-state index contributed by atoms with van der Waals surface area (Å²) in [4.78, 5) is 14.5. The van der Waals surface area contributed by atoms with Gasteiger partial charge < -0.3 is 5.11 Å². The van der Waals surface area contributed by atoms with E-state index in [2.05, 4.69) is 4.98 Å². The number of alkyl halides is 3. The predicted molar refractivity (Wildman–Crippen MR) is 67.2 cm³/mol. The zero-order valence-corrected chi connectivity index (χ0v) is 11.0. The molecule has 1 aliphatic rings. The predicted octanol–water partition coefficient (Wildman–Crippen LogP) is 3.94. The second kappa shape index (κ2) is 5.09. The van der Waals surface area contributed by atoms with Crippen LogP contribution in [0.1, 0.15) is 25.0 Å². The zero-order valence-electron chi connectivity index (χ0n) is 10.2. The lowest BCUT2D eigenvalue weighted by Gasteiger charge is -2.22. The van der Waals surface area contributed by atoms with Gasteiger partial charge in [-0.2, -0.15) is 13.2 Å². The SMILES string of the molecule is O=C(O)C/C=C(/c1ccc(Cl)cn1)C1(C(F)(F)F)CC1. The van der Waals surface area contributed by atoms with Crippen LogP contribution in [0.25, 0.3) is 5.57 Å². The maximum atomic E-state index is 13.2. The molecule has 3 nitrogen and oxygen atoms in total. The lowest BCUT2D eigenvalue weighted by atomic mass is 9.91. The van der Waals surface area contributed by atoms with Gasteiger partial charge in [0.05, 0.1) is 22.6 Å². The topological polar surface area (TPSA) is 50.2 Å². The molecule has 108 valence electrons. The highest BCUT2D eigenvalue weighted by Crippen LogP contribution is 2.64. The van der Waals surface area contributed by atoms with Crippen LogP contribution in [0.15, 0.2) is 24.4 Å². The molecule has 20 heavy (non-hydrogen) atoms. The van der Waals surface area contributed by atoms with E-state index in [-0.39, 0.29) is 24.1 Å². The van der Waals surface area contributed by atoms with Crippen LogP contribution < -0.4 is 0 Å². The molecule has 0 bridgehead atoms. The summed E-state index contributed by atoms with van der Waals surface area (Å²) in [6, 6.07) is 2.81. The number of carbonyl (C=O) groups is 1. The number of rotatable bonds is 4. The highest BCUT2D eigenvalue weighted by atomic mass is 35.5. The molecule has 0 aliphatic heterocycles. The number of hydrogen-bond donors (Lipinski definition) is 1. The standard InChI is InChI=1S/C13H11ClF3NO2/c14-8-1-3-10(18-7-8)9(2-4-11(19)20)12(5-6-12)13(15,16)17/h1-3,7H,4-6H2,(H,19,20)/b9-2-. The number of aliphatic carboxylic acids is 1. The second-order valence-corrected chi connectivity index (χ2v) is 5.09. The van der Waals surface area contributed by atoms with Crippen LogP contribution in [-0.4, -0.2) is 22.2 Å². The van der Waals surface area contributed by atoms with Crippen molar-refractivity contribution < 1.29 is 23.1 Å². The average Bonchev–Trinajstić information content (AvgIpc) is 3.12. The lowest BCUT2D eigenvalue weighted by Crippen LogP contribution is -2.26. The third kappa shape index (κ3) is 2.80. The summed E-state index contributed by atoms with van der Waals surface area (Å²) in [6.07, 6.45) is -2.65. The molecule has 1 heterocycles. The van der Waals surface area contributed by atoms with Crippen molar-refractivity contribution in [2.24, 2.45) is 5.41 Å². The third-order valence-corrected chi connectivity index (χ3v) is 3.52. The molecule has 7 heteroatoms. The largest absolute Gasteiger partial charge is 0.481 e. The molecule has 1 N–H and O–H groups in total. The minimum atomic E-state index is -4.42. The Bertz CT molecular complexity index is 548. The van der Waals surface area contributed by atoms with Crippen LogP contribution >= 0.6 is 11.6 Å². The fraction of sp³-hybridized carbons (Fsp3) is 0.385. The number of halogens is 4. The van der Waals surface area contributed by atoms with Gasteiger partial charge in [0.25, 0.3) is 0 Å². The molecule has 1 aromatic heterocycles. The van der Waals surface area contributed by atoms with Gasteiger partial charge in [-0.1, -0.05) is 17.7 Å². The molecule has 1 aliphatic carbocycles. The molecule has 1 fully saturated rings. The van der Waals surface area contributed by atoms with Gasteiger partial charge in [-0.25, -0.2) is 0 Å². The molecule has 0 spiro atoms. The van der Waals surface area contributed by atoms with Crippen molar-refractivity contribution in [3.8, 4) is 0 Å². The molecule has 2 rings (SSSR count). The fourth-order valence-corrected chi connectivity index (χ4v) is 2.21. The molecular weight excluding hydrogens is 295 g/mol.